The number of nitrogens with one attached hydrogen (secondary N) is 1. The molecule has 1 saturated heterocycles. The predicted molar refractivity (Wildman–Crippen MR) is 136 cm³/mol. The Balaban J connectivity index is 1.55. The van der Waals surface area contributed by atoms with Gasteiger partial charge in [0.1, 0.15) is 11.6 Å². The largest absolute Gasteiger partial charge is 0.507 e. The molecule has 1 aliphatic heterocycles. The number of phenols is 1. The summed E-state index contributed by atoms with van der Waals surface area (Å²) in [6, 6.07) is 13.3. The maximum atomic E-state index is 12.3. The molecule has 7 nitrogen and oxygen atoms in total. The van der Waals surface area contributed by atoms with E-state index in [1.807, 2.05) is 37.3 Å². The van der Waals surface area contributed by atoms with Gasteiger partial charge in [-0.15, -0.1) is 0 Å². The van der Waals surface area contributed by atoms with Crippen LogP contribution < -0.4 is 15.9 Å². The molecule has 4 aromatic rings. The number of benzene rings is 2. The second-order valence-electron chi connectivity index (χ2n) is 8.58. The van der Waals surface area contributed by atoms with E-state index in [0.29, 0.717) is 16.3 Å². The molecular formula is C26H26ClN5O2. The number of anilines is 1. The molecule has 1 fully saturated rings. The van der Waals surface area contributed by atoms with E-state index in [1.165, 1.54) is 9.13 Å². The Morgan fingerprint density at radius 1 is 1.00 bits per heavy atom. The van der Waals surface area contributed by atoms with Crippen LogP contribution in [0, 0.1) is 6.92 Å². The van der Waals surface area contributed by atoms with Crippen molar-refractivity contribution in [3.63, 3.8) is 0 Å². The van der Waals surface area contributed by atoms with Gasteiger partial charge in [-0.25, -0.2) is 9.78 Å². The summed E-state index contributed by atoms with van der Waals surface area (Å²) in [5.74, 6) is 1.09. The summed E-state index contributed by atoms with van der Waals surface area (Å²) in [5.41, 5.74) is 4.55. The second kappa shape index (κ2) is 9.00. The van der Waals surface area contributed by atoms with Gasteiger partial charge in [-0.2, -0.15) is 0 Å². The van der Waals surface area contributed by atoms with E-state index in [2.05, 4.69) is 15.2 Å². The van der Waals surface area contributed by atoms with Crippen LogP contribution in [-0.2, 0) is 7.05 Å². The topological polar surface area (TPSA) is 75.3 Å². The molecule has 2 aromatic heterocycles. The van der Waals surface area contributed by atoms with Crippen molar-refractivity contribution in [2.45, 2.75) is 6.92 Å². The molecule has 3 heterocycles. The van der Waals surface area contributed by atoms with Crippen LogP contribution >= 0.6 is 11.6 Å². The number of aryl methyl sites for hydroxylation is 2. The lowest BCUT2D eigenvalue weighted by Gasteiger charge is -2.28. The number of halogens is 1. The molecule has 0 radical (unpaired) electrons. The van der Waals surface area contributed by atoms with Crippen LogP contribution in [0.25, 0.3) is 27.9 Å². The van der Waals surface area contributed by atoms with E-state index in [9.17, 15) is 9.90 Å². The molecule has 2 N–H and O–H groups in total. The molecular weight excluding hydrogens is 450 g/mol. The van der Waals surface area contributed by atoms with Crippen molar-refractivity contribution < 1.29 is 5.11 Å². The van der Waals surface area contributed by atoms with Gasteiger partial charge in [0.25, 0.3) is 0 Å². The van der Waals surface area contributed by atoms with Gasteiger partial charge in [0.05, 0.1) is 10.7 Å². The Labute approximate surface area is 202 Å². The van der Waals surface area contributed by atoms with E-state index in [1.54, 1.807) is 37.8 Å². The summed E-state index contributed by atoms with van der Waals surface area (Å²) in [5, 5.41) is 15.1. The van der Waals surface area contributed by atoms with Gasteiger partial charge in [-0.3, -0.25) is 4.57 Å². The summed E-state index contributed by atoms with van der Waals surface area (Å²) in [6.07, 6.45) is 5.16. The van der Waals surface area contributed by atoms with Crippen molar-refractivity contribution in [1.82, 2.24) is 19.4 Å². The maximum Gasteiger partial charge on any atom is 0.332 e. The van der Waals surface area contributed by atoms with E-state index >= 15 is 0 Å². The van der Waals surface area contributed by atoms with Crippen molar-refractivity contribution in [3.05, 3.63) is 82.1 Å². The minimum absolute atomic E-state index is 0.173. The highest BCUT2D eigenvalue weighted by atomic mass is 35.5. The fourth-order valence-corrected chi connectivity index (χ4v) is 4.66. The van der Waals surface area contributed by atoms with E-state index in [0.717, 1.165) is 54.3 Å². The van der Waals surface area contributed by atoms with Gasteiger partial charge in [-0.1, -0.05) is 17.7 Å². The first kappa shape index (κ1) is 22.3. The molecule has 34 heavy (non-hydrogen) atoms. The smallest absolute Gasteiger partial charge is 0.332 e. The fraction of sp³-hybridized carbons (Fsp3) is 0.231. The molecule has 0 spiro atoms. The van der Waals surface area contributed by atoms with Gasteiger partial charge in [-0.05, 0) is 60.0 Å². The van der Waals surface area contributed by atoms with Crippen molar-refractivity contribution in [2.24, 2.45) is 7.05 Å². The molecule has 1 aliphatic rings. The number of nitrogens with zero attached hydrogens (tertiary/aromatic N) is 4. The molecule has 0 unspecified atom stereocenters. The number of rotatable bonds is 4. The highest BCUT2D eigenvalue weighted by Crippen LogP contribution is 2.41. The van der Waals surface area contributed by atoms with Gasteiger partial charge < -0.3 is 19.9 Å². The third-order valence-corrected chi connectivity index (χ3v) is 6.52. The van der Waals surface area contributed by atoms with Crippen LogP contribution in [0.2, 0.25) is 5.02 Å². The van der Waals surface area contributed by atoms with Gasteiger partial charge in [0.15, 0.2) is 0 Å². The second-order valence-corrected chi connectivity index (χ2v) is 8.98. The zero-order chi connectivity index (χ0) is 23.8. The number of imidazole rings is 1. The highest BCUT2D eigenvalue weighted by molar-refractivity contribution is 6.32. The van der Waals surface area contributed by atoms with Crippen LogP contribution in [0.15, 0.2) is 65.8 Å². The lowest BCUT2D eigenvalue weighted by atomic mass is 9.95. The first-order valence-electron chi connectivity index (χ1n) is 11.2. The van der Waals surface area contributed by atoms with Crippen molar-refractivity contribution >= 4 is 17.4 Å². The molecule has 8 heteroatoms. The SMILES string of the molecule is Cc1cc(-c2ccnc(N3CCNCC3)c2)c(O)c(-c2ccc(-n3ccn(C)c3=O)c(Cl)c2)c1. The fourth-order valence-electron chi connectivity index (χ4n) is 4.39. The van der Waals surface area contributed by atoms with Crippen molar-refractivity contribution in [1.29, 1.82) is 0 Å². The monoisotopic (exact) mass is 475 g/mol. The number of aromatic hydroxyl groups is 1. The first-order valence-corrected chi connectivity index (χ1v) is 11.6. The zero-order valence-electron chi connectivity index (χ0n) is 19.1. The molecule has 0 saturated carbocycles. The summed E-state index contributed by atoms with van der Waals surface area (Å²) in [7, 11) is 1.69. The Bertz CT molecular complexity index is 1420. The maximum absolute atomic E-state index is 12.3. The third-order valence-electron chi connectivity index (χ3n) is 6.22. The standard InChI is InChI=1S/C26H26ClN5O2/c1-17-13-20(18-3-4-23(22(27)15-18)32-12-11-30(2)26(32)34)25(33)21(14-17)19-5-6-29-24(16-19)31-9-7-28-8-10-31/h3-6,11-16,28,33H,7-10H2,1-2H3. The van der Waals surface area contributed by atoms with E-state index < -0.39 is 0 Å². The van der Waals surface area contributed by atoms with E-state index in [4.69, 9.17) is 11.6 Å². The van der Waals surface area contributed by atoms with Crippen LogP contribution in [0.5, 0.6) is 5.75 Å². The Morgan fingerprint density at radius 2 is 1.71 bits per heavy atom. The van der Waals surface area contributed by atoms with Gasteiger partial charge in [0, 0.05) is 62.9 Å². The van der Waals surface area contributed by atoms with Gasteiger partial charge >= 0.3 is 5.69 Å². The third kappa shape index (κ3) is 4.08. The average molecular weight is 476 g/mol. The van der Waals surface area contributed by atoms with Crippen LogP contribution in [-0.4, -0.2) is 45.4 Å². The molecule has 0 bridgehead atoms. The number of hydrogen-bond acceptors (Lipinski definition) is 5. The number of pyridine rings is 1. The average Bonchev–Trinajstić information content (AvgIpc) is 3.18. The predicted octanol–water partition coefficient (Wildman–Crippen LogP) is 3.98. The van der Waals surface area contributed by atoms with Crippen molar-refractivity contribution in [3.8, 4) is 33.7 Å². The lowest BCUT2D eigenvalue weighted by Crippen LogP contribution is -2.43. The lowest BCUT2D eigenvalue weighted by molar-refractivity contribution is 0.479. The highest BCUT2D eigenvalue weighted by Gasteiger charge is 2.17. The van der Waals surface area contributed by atoms with Crippen LogP contribution in [0.1, 0.15) is 5.56 Å². The molecule has 2 aromatic carbocycles. The number of hydrogen-bond donors (Lipinski definition) is 2. The van der Waals surface area contributed by atoms with Crippen LogP contribution in [0.4, 0.5) is 5.82 Å². The normalized spacial score (nSPS) is 13.9. The number of piperazine rings is 1. The first-order chi connectivity index (χ1) is 16.4. The summed E-state index contributed by atoms with van der Waals surface area (Å²) < 4.78 is 2.99. The van der Waals surface area contributed by atoms with Crippen LogP contribution in [0.3, 0.4) is 0 Å². The summed E-state index contributed by atoms with van der Waals surface area (Å²) in [4.78, 5) is 19.1. The molecule has 0 aliphatic carbocycles. The Kier molecular flexibility index (Phi) is 5.89. The summed E-state index contributed by atoms with van der Waals surface area (Å²) >= 11 is 6.58. The zero-order valence-corrected chi connectivity index (χ0v) is 19.9. The minimum atomic E-state index is -0.173. The molecule has 5 rings (SSSR count). The van der Waals surface area contributed by atoms with Gasteiger partial charge in [0.2, 0.25) is 0 Å². The number of aromatic nitrogens is 3. The molecule has 174 valence electrons. The summed E-state index contributed by atoms with van der Waals surface area (Å²) in [6.45, 7) is 5.66. The van der Waals surface area contributed by atoms with E-state index in [-0.39, 0.29) is 11.4 Å². The Hall–Kier alpha value is -3.55. The minimum Gasteiger partial charge on any atom is -0.507 e. The quantitative estimate of drug-likeness (QED) is 0.467. The van der Waals surface area contributed by atoms with Crippen molar-refractivity contribution in [2.75, 3.05) is 31.1 Å². The molecule has 0 atom stereocenters. The Morgan fingerprint density at radius 3 is 2.35 bits per heavy atom. The molecule has 0 amide bonds. The number of phenolic OH excluding ortho intramolecular Hbond substituents is 1.